The zero-order valence-corrected chi connectivity index (χ0v) is 13.0. The summed E-state index contributed by atoms with van der Waals surface area (Å²) < 4.78 is 0. The molecule has 1 rings (SSSR count). The Labute approximate surface area is 113 Å². The largest absolute Gasteiger partial charge is 0.291 e. The van der Waals surface area contributed by atoms with E-state index in [9.17, 15) is 0 Å². The normalized spacial score (nSPS) is 27.2. The summed E-state index contributed by atoms with van der Waals surface area (Å²) in [5.74, 6) is 0. The highest BCUT2D eigenvalue weighted by Crippen LogP contribution is 2.25. The number of hydrogen-bond donors (Lipinski definition) is 0. The van der Waals surface area contributed by atoms with Gasteiger partial charge in [-0.1, -0.05) is 54.4 Å². The molecule has 0 amide bonds. The highest BCUT2D eigenvalue weighted by Gasteiger charge is 2.24. The van der Waals surface area contributed by atoms with E-state index in [1.807, 2.05) is 0 Å². The van der Waals surface area contributed by atoms with Gasteiger partial charge < -0.3 is 0 Å². The van der Waals surface area contributed by atoms with Crippen LogP contribution in [0.5, 0.6) is 0 Å². The molecule has 1 saturated carbocycles. The minimum absolute atomic E-state index is 0.176. The van der Waals surface area contributed by atoms with Gasteiger partial charge in [0.2, 0.25) is 0 Å². The summed E-state index contributed by atoms with van der Waals surface area (Å²) in [4.78, 5) is 9.60. The van der Waals surface area contributed by atoms with Crippen molar-refractivity contribution < 1.29 is 0 Å². The van der Waals surface area contributed by atoms with Crippen LogP contribution in [0.2, 0.25) is 0 Å². The minimum atomic E-state index is 0.176. The van der Waals surface area contributed by atoms with E-state index in [0.29, 0.717) is 12.1 Å². The first-order chi connectivity index (χ1) is 8.17. The third kappa shape index (κ3) is 6.32. The van der Waals surface area contributed by atoms with E-state index in [1.165, 1.54) is 25.7 Å². The van der Waals surface area contributed by atoms with Gasteiger partial charge in [0.15, 0.2) is 0 Å². The van der Waals surface area contributed by atoms with Crippen LogP contribution < -0.4 is 0 Å². The molecule has 0 aliphatic heterocycles. The summed E-state index contributed by atoms with van der Waals surface area (Å²) >= 11 is 0. The van der Waals surface area contributed by atoms with Crippen molar-refractivity contribution in [3.05, 3.63) is 0 Å². The third-order valence-corrected chi connectivity index (χ3v) is 3.00. The van der Waals surface area contributed by atoms with E-state index in [-0.39, 0.29) is 10.8 Å². The van der Waals surface area contributed by atoms with Crippen molar-refractivity contribution in [2.75, 3.05) is 0 Å². The minimum Gasteiger partial charge on any atom is -0.291 e. The van der Waals surface area contributed by atoms with Crippen molar-refractivity contribution in [2.24, 2.45) is 20.8 Å². The van der Waals surface area contributed by atoms with Gasteiger partial charge in [0.1, 0.15) is 0 Å². The van der Waals surface area contributed by atoms with Crippen molar-refractivity contribution in [3.8, 4) is 0 Å². The molecule has 0 aromatic carbocycles. The fourth-order valence-electron chi connectivity index (χ4n) is 2.08. The first-order valence-electron chi connectivity index (χ1n) is 7.26. The van der Waals surface area contributed by atoms with E-state index in [2.05, 4.69) is 54.0 Å². The van der Waals surface area contributed by atoms with Gasteiger partial charge in [-0.2, -0.15) is 0 Å². The van der Waals surface area contributed by atoms with Crippen molar-refractivity contribution in [1.82, 2.24) is 0 Å². The molecule has 104 valence electrons. The molecule has 0 radical (unpaired) electrons. The number of hydrogen-bond acceptors (Lipinski definition) is 2. The van der Waals surface area contributed by atoms with Crippen LogP contribution in [-0.4, -0.2) is 24.5 Å². The van der Waals surface area contributed by atoms with Gasteiger partial charge >= 0.3 is 0 Å². The molecule has 0 aromatic rings. The maximum atomic E-state index is 4.80. The predicted octanol–water partition coefficient (Wildman–Crippen LogP) is 4.53. The monoisotopic (exact) mass is 250 g/mol. The zero-order valence-electron chi connectivity index (χ0n) is 13.0. The Morgan fingerprint density at radius 2 is 1.06 bits per heavy atom. The molecule has 1 aliphatic rings. The van der Waals surface area contributed by atoms with E-state index >= 15 is 0 Å². The maximum absolute atomic E-state index is 4.80. The first-order valence-corrected chi connectivity index (χ1v) is 7.26. The molecule has 0 N–H and O–H groups in total. The molecular formula is C16H30N2. The molecule has 2 atom stereocenters. The van der Waals surface area contributed by atoms with Gasteiger partial charge in [-0.3, -0.25) is 9.98 Å². The molecule has 0 saturated heterocycles. The Morgan fingerprint density at radius 1 is 0.722 bits per heavy atom. The van der Waals surface area contributed by atoms with Crippen LogP contribution in [0.3, 0.4) is 0 Å². The molecule has 18 heavy (non-hydrogen) atoms. The Morgan fingerprint density at radius 3 is 1.33 bits per heavy atom. The smallest absolute Gasteiger partial charge is 0.0719 e. The van der Waals surface area contributed by atoms with Crippen LogP contribution in [0.25, 0.3) is 0 Å². The molecule has 2 nitrogen and oxygen atoms in total. The molecule has 1 fully saturated rings. The van der Waals surface area contributed by atoms with E-state index in [0.717, 1.165) is 0 Å². The third-order valence-electron chi connectivity index (χ3n) is 3.00. The Bertz CT molecular complexity index is 270. The van der Waals surface area contributed by atoms with Gasteiger partial charge in [-0.15, -0.1) is 0 Å². The van der Waals surface area contributed by atoms with Crippen LogP contribution >= 0.6 is 0 Å². The second-order valence-corrected chi connectivity index (χ2v) is 7.71. The Kier molecular flexibility index (Phi) is 5.12. The van der Waals surface area contributed by atoms with Crippen molar-refractivity contribution in [2.45, 2.75) is 79.3 Å². The fraction of sp³-hybridized carbons (Fsp3) is 0.875. The van der Waals surface area contributed by atoms with Gasteiger partial charge in [0.25, 0.3) is 0 Å². The summed E-state index contributed by atoms with van der Waals surface area (Å²) in [7, 11) is 0. The summed E-state index contributed by atoms with van der Waals surface area (Å²) in [5, 5.41) is 0. The summed E-state index contributed by atoms with van der Waals surface area (Å²) in [6.07, 6.45) is 9.21. The summed E-state index contributed by atoms with van der Waals surface area (Å²) in [6, 6.07) is 0.799. The fourth-order valence-corrected chi connectivity index (χ4v) is 2.08. The molecule has 0 aromatic heterocycles. The van der Waals surface area contributed by atoms with E-state index < -0.39 is 0 Å². The van der Waals surface area contributed by atoms with Gasteiger partial charge in [-0.25, -0.2) is 0 Å². The highest BCUT2D eigenvalue weighted by atomic mass is 14.9. The Hall–Kier alpha value is -0.660. The molecule has 0 bridgehead atoms. The Balaban J connectivity index is 2.69. The van der Waals surface area contributed by atoms with Gasteiger partial charge in [-0.05, 0) is 23.7 Å². The second kappa shape index (κ2) is 5.99. The lowest BCUT2D eigenvalue weighted by atomic mass is 9.90. The lowest BCUT2D eigenvalue weighted by Gasteiger charge is -2.27. The molecule has 0 heterocycles. The lowest BCUT2D eigenvalue weighted by molar-refractivity contribution is 0.385. The SMILES string of the molecule is CC(C)(C)C=N[C@@H]1CCCC[C@H]1N=CC(C)(C)C. The highest BCUT2D eigenvalue weighted by molar-refractivity contribution is 5.65. The topological polar surface area (TPSA) is 24.7 Å². The summed E-state index contributed by atoms with van der Waals surface area (Å²) in [6.45, 7) is 13.2. The average molecular weight is 250 g/mol. The first kappa shape index (κ1) is 15.4. The van der Waals surface area contributed by atoms with Crippen molar-refractivity contribution in [3.63, 3.8) is 0 Å². The van der Waals surface area contributed by atoms with Crippen molar-refractivity contribution in [1.29, 1.82) is 0 Å². The van der Waals surface area contributed by atoms with E-state index in [4.69, 9.17) is 9.98 Å². The molecular weight excluding hydrogens is 220 g/mol. The average Bonchev–Trinajstić information content (AvgIpc) is 2.22. The predicted molar refractivity (Wildman–Crippen MR) is 81.9 cm³/mol. The molecule has 0 unspecified atom stereocenters. The van der Waals surface area contributed by atoms with Crippen LogP contribution in [-0.2, 0) is 0 Å². The lowest BCUT2D eigenvalue weighted by Crippen LogP contribution is -2.28. The molecule has 2 heteroatoms. The maximum Gasteiger partial charge on any atom is 0.0719 e. The van der Waals surface area contributed by atoms with Crippen LogP contribution in [0, 0.1) is 10.8 Å². The molecule has 0 spiro atoms. The van der Waals surface area contributed by atoms with Gasteiger partial charge in [0.05, 0.1) is 12.1 Å². The van der Waals surface area contributed by atoms with E-state index in [1.54, 1.807) is 0 Å². The summed E-state index contributed by atoms with van der Waals surface area (Å²) in [5.41, 5.74) is 0.353. The quantitative estimate of drug-likeness (QED) is 0.643. The standard InChI is InChI=1S/C16H30N2/c1-15(2,3)11-17-13-9-7-8-10-14(13)18-12-16(4,5)6/h11-14H,7-10H2,1-6H3/t13-,14-/m1/s1. The van der Waals surface area contributed by atoms with Crippen molar-refractivity contribution >= 4 is 12.4 Å². The molecule has 1 aliphatic carbocycles. The number of nitrogens with zero attached hydrogens (tertiary/aromatic N) is 2. The zero-order chi connectivity index (χ0) is 13.8. The number of rotatable bonds is 2. The van der Waals surface area contributed by atoms with Crippen LogP contribution in [0.15, 0.2) is 9.98 Å². The van der Waals surface area contributed by atoms with Crippen LogP contribution in [0.1, 0.15) is 67.2 Å². The van der Waals surface area contributed by atoms with Crippen LogP contribution in [0.4, 0.5) is 0 Å². The second-order valence-electron chi connectivity index (χ2n) is 7.71. The number of aliphatic imine (C=N–C) groups is 2. The van der Waals surface area contributed by atoms with Gasteiger partial charge in [0, 0.05) is 12.4 Å².